The third kappa shape index (κ3) is 3.69. The number of piperazine rings is 1. The van der Waals surface area contributed by atoms with E-state index in [1.54, 1.807) is 35.2 Å². The summed E-state index contributed by atoms with van der Waals surface area (Å²) in [6.07, 6.45) is 1.58. The van der Waals surface area contributed by atoms with Crippen molar-refractivity contribution in [2.24, 2.45) is 7.05 Å². The molecule has 1 saturated heterocycles. The molecule has 0 radical (unpaired) electrons. The monoisotopic (exact) mass is 446 g/mol. The Morgan fingerprint density at radius 2 is 1.85 bits per heavy atom. The molecule has 4 heterocycles. The molecule has 10 heteroatoms. The highest BCUT2D eigenvalue weighted by Crippen LogP contribution is 2.29. The Bertz CT molecular complexity index is 1340. The molecular formula is C23H22N6O4. The van der Waals surface area contributed by atoms with Gasteiger partial charge < -0.3 is 14.2 Å². The molecule has 0 atom stereocenters. The number of rotatable bonds is 4. The van der Waals surface area contributed by atoms with E-state index in [1.807, 2.05) is 24.9 Å². The highest BCUT2D eigenvalue weighted by Gasteiger charge is 2.27. The van der Waals surface area contributed by atoms with Crippen LogP contribution in [0.4, 0.5) is 11.4 Å². The van der Waals surface area contributed by atoms with Crippen LogP contribution in [0.25, 0.3) is 22.5 Å². The molecule has 3 aromatic heterocycles. The van der Waals surface area contributed by atoms with Gasteiger partial charge in [-0.1, -0.05) is 0 Å². The number of carbonyl (C=O) groups is 1. The number of aryl methyl sites for hydroxylation is 2. The van der Waals surface area contributed by atoms with E-state index in [0.717, 1.165) is 16.8 Å². The lowest BCUT2D eigenvalue weighted by Crippen LogP contribution is -2.48. The van der Waals surface area contributed by atoms with E-state index in [4.69, 9.17) is 4.42 Å². The molecule has 168 valence electrons. The number of hydrogen-bond acceptors (Lipinski definition) is 7. The van der Waals surface area contributed by atoms with E-state index in [1.165, 1.54) is 12.1 Å². The van der Waals surface area contributed by atoms with Gasteiger partial charge in [0.2, 0.25) is 0 Å². The SMILES string of the molecule is Cc1nn(C)c2nc(-c3ccco3)cc(C(=O)N3CCN(c4ccc([N+](=O)[O-])cc4)CC3)c12. The fraction of sp³-hybridized carbons (Fsp3) is 0.261. The maximum atomic E-state index is 13.6. The van der Waals surface area contributed by atoms with Crippen molar-refractivity contribution in [2.75, 3.05) is 31.1 Å². The quantitative estimate of drug-likeness (QED) is 0.349. The lowest BCUT2D eigenvalue weighted by Gasteiger charge is -2.36. The van der Waals surface area contributed by atoms with Gasteiger partial charge in [-0.3, -0.25) is 19.6 Å². The van der Waals surface area contributed by atoms with Crippen molar-refractivity contribution in [3.05, 3.63) is 70.1 Å². The second kappa shape index (κ2) is 8.05. The first kappa shape index (κ1) is 20.7. The van der Waals surface area contributed by atoms with Gasteiger partial charge in [0.1, 0.15) is 5.69 Å². The van der Waals surface area contributed by atoms with Gasteiger partial charge in [-0.2, -0.15) is 5.10 Å². The Labute approximate surface area is 189 Å². The molecule has 5 rings (SSSR count). The smallest absolute Gasteiger partial charge is 0.269 e. The van der Waals surface area contributed by atoms with E-state index < -0.39 is 4.92 Å². The number of carbonyl (C=O) groups excluding carboxylic acids is 1. The van der Waals surface area contributed by atoms with Crippen LogP contribution in [0.1, 0.15) is 16.1 Å². The molecule has 1 aliphatic heterocycles. The minimum atomic E-state index is -0.409. The third-order valence-electron chi connectivity index (χ3n) is 5.97. The zero-order valence-corrected chi connectivity index (χ0v) is 18.3. The van der Waals surface area contributed by atoms with Crippen molar-refractivity contribution in [3.63, 3.8) is 0 Å². The van der Waals surface area contributed by atoms with Gasteiger partial charge in [-0.15, -0.1) is 0 Å². The fourth-order valence-electron chi connectivity index (χ4n) is 4.29. The molecule has 1 aliphatic rings. The lowest BCUT2D eigenvalue weighted by molar-refractivity contribution is -0.384. The first-order chi connectivity index (χ1) is 15.9. The molecule has 33 heavy (non-hydrogen) atoms. The molecular weight excluding hydrogens is 424 g/mol. The van der Waals surface area contributed by atoms with E-state index in [2.05, 4.69) is 15.0 Å². The van der Waals surface area contributed by atoms with Crippen molar-refractivity contribution in [1.82, 2.24) is 19.7 Å². The van der Waals surface area contributed by atoms with Crippen molar-refractivity contribution < 1.29 is 14.1 Å². The number of furan rings is 1. The van der Waals surface area contributed by atoms with E-state index in [9.17, 15) is 14.9 Å². The average Bonchev–Trinajstić information content (AvgIpc) is 3.47. The maximum Gasteiger partial charge on any atom is 0.269 e. The van der Waals surface area contributed by atoms with Crippen LogP contribution in [0, 0.1) is 17.0 Å². The Hall–Kier alpha value is -4.21. The summed E-state index contributed by atoms with van der Waals surface area (Å²) in [4.78, 5) is 32.7. The first-order valence-electron chi connectivity index (χ1n) is 10.6. The average molecular weight is 446 g/mol. The summed E-state index contributed by atoms with van der Waals surface area (Å²) in [7, 11) is 1.81. The van der Waals surface area contributed by atoms with Crippen LogP contribution >= 0.6 is 0 Å². The van der Waals surface area contributed by atoms with Crippen LogP contribution < -0.4 is 4.90 Å². The fourth-order valence-corrected chi connectivity index (χ4v) is 4.29. The number of nitro benzene ring substituents is 1. The van der Waals surface area contributed by atoms with Crippen LogP contribution in [0.3, 0.4) is 0 Å². The van der Waals surface area contributed by atoms with Gasteiger partial charge in [0.25, 0.3) is 11.6 Å². The van der Waals surface area contributed by atoms with E-state index in [-0.39, 0.29) is 11.6 Å². The third-order valence-corrected chi connectivity index (χ3v) is 5.97. The van der Waals surface area contributed by atoms with E-state index in [0.29, 0.717) is 48.8 Å². The summed E-state index contributed by atoms with van der Waals surface area (Å²) in [5.41, 5.74) is 3.49. The molecule has 0 spiro atoms. The van der Waals surface area contributed by atoms with Crippen molar-refractivity contribution in [2.45, 2.75) is 6.92 Å². The second-order valence-corrected chi connectivity index (χ2v) is 7.99. The normalized spacial score (nSPS) is 14.1. The molecule has 0 aliphatic carbocycles. The summed E-state index contributed by atoms with van der Waals surface area (Å²) in [6, 6.07) is 11.9. The lowest BCUT2D eigenvalue weighted by atomic mass is 10.1. The van der Waals surface area contributed by atoms with Crippen LogP contribution in [-0.2, 0) is 7.05 Å². The number of pyridine rings is 1. The van der Waals surface area contributed by atoms with Crippen LogP contribution in [-0.4, -0.2) is 56.7 Å². The van der Waals surface area contributed by atoms with Crippen molar-refractivity contribution in [3.8, 4) is 11.5 Å². The molecule has 0 N–H and O–H groups in total. The molecule has 0 bridgehead atoms. The van der Waals surface area contributed by atoms with Gasteiger partial charge in [0.05, 0.1) is 27.8 Å². The largest absolute Gasteiger partial charge is 0.463 e. The van der Waals surface area contributed by atoms with Gasteiger partial charge in [0, 0.05) is 51.0 Å². The van der Waals surface area contributed by atoms with E-state index >= 15 is 0 Å². The van der Waals surface area contributed by atoms with Crippen LogP contribution in [0.15, 0.2) is 53.1 Å². The second-order valence-electron chi connectivity index (χ2n) is 7.99. The number of non-ortho nitro benzene ring substituents is 1. The van der Waals surface area contributed by atoms with Gasteiger partial charge in [-0.25, -0.2) is 4.98 Å². The topological polar surface area (TPSA) is 111 Å². The number of nitro groups is 1. The highest BCUT2D eigenvalue weighted by molar-refractivity contribution is 6.07. The van der Waals surface area contributed by atoms with Gasteiger partial charge in [0.15, 0.2) is 11.4 Å². The van der Waals surface area contributed by atoms with Crippen LogP contribution in [0.2, 0.25) is 0 Å². The number of hydrogen-bond donors (Lipinski definition) is 0. The van der Waals surface area contributed by atoms with Crippen molar-refractivity contribution in [1.29, 1.82) is 0 Å². The number of amides is 1. The van der Waals surface area contributed by atoms with Crippen molar-refractivity contribution >= 4 is 28.3 Å². The zero-order valence-electron chi connectivity index (χ0n) is 18.3. The molecule has 10 nitrogen and oxygen atoms in total. The predicted octanol–water partition coefficient (Wildman–Crippen LogP) is 3.41. The van der Waals surface area contributed by atoms with Gasteiger partial charge in [-0.05, 0) is 37.3 Å². The van der Waals surface area contributed by atoms with Gasteiger partial charge >= 0.3 is 0 Å². The number of benzene rings is 1. The molecule has 1 fully saturated rings. The minimum Gasteiger partial charge on any atom is -0.463 e. The Morgan fingerprint density at radius 1 is 1.12 bits per heavy atom. The number of aromatic nitrogens is 3. The highest BCUT2D eigenvalue weighted by atomic mass is 16.6. The Kier molecular flexibility index (Phi) is 5.04. The van der Waals surface area contributed by atoms with Crippen LogP contribution in [0.5, 0.6) is 0 Å². The molecule has 0 unspecified atom stereocenters. The molecule has 4 aromatic rings. The number of anilines is 1. The molecule has 0 saturated carbocycles. The maximum absolute atomic E-state index is 13.6. The summed E-state index contributed by atoms with van der Waals surface area (Å²) in [6.45, 7) is 4.22. The molecule has 1 aromatic carbocycles. The molecule has 1 amide bonds. The summed E-state index contributed by atoms with van der Waals surface area (Å²) in [5, 5.41) is 16.1. The standard InChI is InChI=1S/C23H22N6O4/c1-15-21-18(14-19(20-4-3-13-33-20)24-22(21)26(2)25-15)23(30)28-11-9-27(10-12-28)16-5-7-17(8-6-16)29(31)32/h3-8,13-14H,9-12H2,1-2H3. The first-order valence-corrected chi connectivity index (χ1v) is 10.6. The number of fused-ring (bicyclic) bond motifs is 1. The predicted molar refractivity (Wildman–Crippen MR) is 122 cm³/mol. The Balaban J connectivity index is 1.41. The summed E-state index contributed by atoms with van der Waals surface area (Å²) < 4.78 is 7.20. The number of nitrogens with zero attached hydrogens (tertiary/aromatic N) is 6. The minimum absolute atomic E-state index is 0.0634. The summed E-state index contributed by atoms with van der Waals surface area (Å²) in [5.74, 6) is 0.516. The Morgan fingerprint density at radius 3 is 2.48 bits per heavy atom. The summed E-state index contributed by atoms with van der Waals surface area (Å²) >= 11 is 0. The zero-order chi connectivity index (χ0) is 23.1.